The maximum Gasteiger partial charge on any atom is 0.236 e. The fourth-order valence-corrected chi connectivity index (χ4v) is 7.86. The fourth-order valence-electron chi connectivity index (χ4n) is 6.25. The Balaban J connectivity index is 0.000000126. The molecule has 2 saturated carbocycles. The molecular formula is C40H34N8O3S2. The molecular weight excluding hydrogens is 705 g/mol. The second-order valence-corrected chi connectivity index (χ2v) is 14.8. The molecule has 53 heavy (non-hydrogen) atoms. The molecule has 264 valence electrons. The van der Waals surface area contributed by atoms with Crippen LogP contribution in [-0.2, 0) is 4.79 Å². The van der Waals surface area contributed by atoms with Gasteiger partial charge in [0.2, 0.25) is 11.8 Å². The first kappa shape index (κ1) is 34.2. The molecule has 13 heteroatoms. The van der Waals surface area contributed by atoms with Gasteiger partial charge in [0.1, 0.15) is 5.65 Å². The minimum Gasteiger partial charge on any atom is -0.492 e. The summed E-state index contributed by atoms with van der Waals surface area (Å²) in [6.07, 6.45) is 11.8. The number of nitrogens with one attached hydrogen (secondary N) is 3. The van der Waals surface area contributed by atoms with Gasteiger partial charge in [-0.2, -0.15) is 4.98 Å². The maximum atomic E-state index is 11.0. The summed E-state index contributed by atoms with van der Waals surface area (Å²) in [6, 6.07) is 29.2. The Labute approximate surface area is 313 Å². The van der Waals surface area contributed by atoms with E-state index in [0.29, 0.717) is 41.1 Å². The van der Waals surface area contributed by atoms with Crippen LogP contribution in [0.1, 0.15) is 56.6 Å². The number of hydrogen-bond acceptors (Lipinski definition) is 11. The van der Waals surface area contributed by atoms with Crippen molar-refractivity contribution in [1.82, 2.24) is 25.3 Å². The Bertz CT molecular complexity index is 2360. The van der Waals surface area contributed by atoms with Crippen LogP contribution < -0.4 is 10.6 Å². The number of anilines is 1. The molecule has 2 aliphatic carbocycles. The molecule has 10 rings (SSSR count). The summed E-state index contributed by atoms with van der Waals surface area (Å²) >= 11 is 2.96. The number of pyridine rings is 2. The fraction of sp³-hybridized carbons (Fsp3) is 0.175. The second kappa shape index (κ2) is 15.4. The van der Waals surface area contributed by atoms with E-state index in [-0.39, 0.29) is 11.8 Å². The Kier molecular flexibility index (Phi) is 9.91. The summed E-state index contributed by atoms with van der Waals surface area (Å²) in [5, 5.41) is 18.8. The van der Waals surface area contributed by atoms with Crippen LogP contribution in [0.4, 0.5) is 10.9 Å². The van der Waals surface area contributed by atoms with Crippen molar-refractivity contribution in [2.75, 3.05) is 11.1 Å². The number of aromatic nitrogens is 4. The van der Waals surface area contributed by atoms with Gasteiger partial charge in [-0.05, 0) is 54.3 Å². The first-order valence-corrected chi connectivity index (χ1v) is 19.0. The Morgan fingerprint density at radius 3 is 2.42 bits per heavy atom. The number of rotatable bonds is 7. The monoisotopic (exact) mass is 738 g/mol. The summed E-state index contributed by atoms with van der Waals surface area (Å²) in [7, 11) is 0. The van der Waals surface area contributed by atoms with Crippen molar-refractivity contribution in [1.29, 1.82) is 0 Å². The first-order chi connectivity index (χ1) is 26.0. The number of amidine groups is 1. The summed E-state index contributed by atoms with van der Waals surface area (Å²) in [4.78, 5) is 46.4. The third kappa shape index (κ3) is 8.11. The van der Waals surface area contributed by atoms with Crippen LogP contribution in [0.15, 0.2) is 114 Å². The maximum absolute atomic E-state index is 11.0. The van der Waals surface area contributed by atoms with Gasteiger partial charge in [-0.25, -0.2) is 15.0 Å². The van der Waals surface area contributed by atoms with E-state index < -0.39 is 0 Å². The van der Waals surface area contributed by atoms with Crippen molar-refractivity contribution in [3.63, 3.8) is 0 Å². The molecule has 6 heterocycles. The SMILES string of the molecule is O=C1CSC(=N[C@H]2C[C@@H]2c2ccccc2)N1.O=Cc1c[nH]c2ncccc12.Oc1nc(N[C@H]2C[C@@H]2c2ccccc2)sc1C=C1C=Nc2ncccc21. The third-order valence-corrected chi connectivity index (χ3v) is 10.9. The lowest BCUT2D eigenvalue weighted by molar-refractivity contribution is -0.116. The zero-order valence-corrected chi connectivity index (χ0v) is 29.9. The average molecular weight is 739 g/mol. The molecule has 0 bridgehead atoms. The number of aldehydes is 1. The predicted octanol–water partition coefficient (Wildman–Crippen LogP) is 7.61. The Morgan fingerprint density at radius 2 is 1.66 bits per heavy atom. The summed E-state index contributed by atoms with van der Waals surface area (Å²) < 4.78 is 0. The lowest BCUT2D eigenvalue weighted by atomic mass is 10.1. The molecule has 2 aliphatic heterocycles. The van der Waals surface area contributed by atoms with Crippen LogP contribution >= 0.6 is 23.1 Å². The van der Waals surface area contributed by atoms with E-state index in [0.717, 1.165) is 56.5 Å². The second-order valence-electron chi connectivity index (χ2n) is 12.8. The quantitative estimate of drug-likeness (QED) is 0.122. The van der Waals surface area contributed by atoms with E-state index in [4.69, 9.17) is 0 Å². The zero-order chi connectivity index (χ0) is 36.1. The number of allylic oxidation sites excluding steroid dienone is 1. The molecule has 4 N–H and O–H groups in total. The molecule has 2 aromatic carbocycles. The Hall–Kier alpha value is -5.92. The number of nitrogens with zero attached hydrogens (tertiary/aromatic N) is 5. The smallest absolute Gasteiger partial charge is 0.236 e. The summed E-state index contributed by atoms with van der Waals surface area (Å²) in [6.45, 7) is 0. The molecule has 4 atom stereocenters. The molecule has 6 aromatic rings. The number of aliphatic imine (C=N–C) groups is 2. The van der Waals surface area contributed by atoms with E-state index >= 15 is 0 Å². The van der Waals surface area contributed by atoms with Crippen molar-refractivity contribution in [2.45, 2.75) is 36.8 Å². The number of thiazole rings is 1. The van der Waals surface area contributed by atoms with Gasteiger partial charge in [0, 0.05) is 64.8 Å². The molecule has 4 aromatic heterocycles. The van der Waals surface area contributed by atoms with Crippen molar-refractivity contribution in [3.8, 4) is 5.88 Å². The molecule has 0 unspecified atom stereocenters. The van der Waals surface area contributed by atoms with Crippen molar-refractivity contribution in [2.24, 2.45) is 9.98 Å². The van der Waals surface area contributed by atoms with E-state index in [1.807, 2.05) is 42.5 Å². The van der Waals surface area contributed by atoms with Crippen LogP contribution in [0.2, 0.25) is 0 Å². The van der Waals surface area contributed by atoms with Gasteiger partial charge in [-0.15, -0.1) is 0 Å². The van der Waals surface area contributed by atoms with E-state index in [9.17, 15) is 14.7 Å². The molecule has 0 spiro atoms. The standard InChI is InChI=1S/C20H16N4OS.C12H12N2OS.C8H6N2O/c25-19-17(9-13-11-22-18-14(13)7-4-8-21-18)26-20(24-19)23-16-10-15(16)12-5-2-1-3-6-12;15-11-7-16-12(14-11)13-10-6-9(10)8-4-2-1-3-5-8;11-5-6-4-10-8-7(6)2-1-3-9-8/h1-9,11,15-16,25H,10H2,(H,23,24);1-5,9-10H,6-7H2,(H,13,14,15);1-5H,(H,9,10)/t15-,16+;9-,10+;/m11./s1. The van der Waals surface area contributed by atoms with Crippen molar-refractivity contribution >= 4 is 80.3 Å². The topological polar surface area (TPSA) is 158 Å². The zero-order valence-electron chi connectivity index (χ0n) is 28.3. The molecule has 1 amide bonds. The third-order valence-electron chi connectivity index (χ3n) is 9.14. The lowest BCUT2D eigenvalue weighted by Crippen LogP contribution is -2.20. The minimum atomic E-state index is 0.0488. The number of aromatic amines is 1. The first-order valence-electron chi connectivity index (χ1n) is 17.2. The van der Waals surface area contributed by atoms with Crippen molar-refractivity contribution in [3.05, 3.63) is 131 Å². The lowest BCUT2D eigenvalue weighted by Gasteiger charge is -2.01. The van der Waals surface area contributed by atoms with Crippen LogP contribution in [0.5, 0.6) is 5.88 Å². The van der Waals surface area contributed by atoms with Gasteiger partial charge in [-0.1, -0.05) is 83.8 Å². The van der Waals surface area contributed by atoms with Gasteiger partial charge >= 0.3 is 0 Å². The highest BCUT2D eigenvalue weighted by atomic mass is 32.2. The predicted molar refractivity (Wildman–Crippen MR) is 212 cm³/mol. The molecule has 3 fully saturated rings. The van der Waals surface area contributed by atoms with Crippen LogP contribution in [0.3, 0.4) is 0 Å². The van der Waals surface area contributed by atoms with Gasteiger partial charge in [0.05, 0.1) is 16.7 Å². The number of hydrogen-bond donors (Lipinski definition) is 4. The normalized spacial score (nSPS) is 22.0. The van der Waals surface area contributed by atoms with Crippen LogP contribution in [0.25, 0.3) is 22.7 Å². The van der Waals surface area contributed by atoms with Crippen molar-refractivity contribution < 1.29 is 14.7 Å². The van der Waals surface area contributed by atoms with Gasteiger partial charge in [0.25, 0.3) is 0 Å². The van der Waals surface area contributed by atoms with E-state index in [2.05, 4.69) is 89.1 Å². The molecule has 1 saturated heterocycles. The molecule has 0 radical (unpaired) electrons. The van der Waals surface area contributed by atoms with Crippen LogP contribution in [-0.4, -0.2) is 66.5 Å². The largest absolute Gasteiger partial charge is 0.492 e. The number of carbonyl (C=O) groups is 2. The van der Waals surface area contributed by atoms with Gasteiger partial charge in [0.15, 0.2) is 22.4 Å². The molecule has 11 nitrogen and oxygen atoms in total. The van der Waals surface area contributed by atoms with E-state index in [1.165, 1.54) is 34.2 Å². The highest BCUT2D eigenvalue weighted by molar-refractivity contribution is 8.15. The highest BCUT2D eigenvalue weighted by Gasteiger charge is 2.40. The number of amides is 1. The Morgan fingerprint density at radius 1 is 0.906 bits per heavy atom. The minimum absolute atomic E-state index is 0.0488. The number of benzene rings is 2. The number of thioether (sulfide) groups is 1. The summed E-state index contributed by atoms with van der Waals surface area (Å²) in [5.41, 5.74) is 6.03. The number of carbonyl (C=O) groups excluding carboxylic acids is 2. The molecule has 4 aliphatic rings. The van der Waals surface area contributed by atoms with Gasteiger partial charge in [-0.3, -0.25) is 14.6 Å². The number of aromatic hydroxyl groups is 1. The van der Waals surface area contributed by atoms with Gasteiger partial charge < -0.3 is 20.7 Å². The highest BCUT2D eigenvalue weighted by Crippen LogP contribution is 2.45. The number of H-pyrrole nitrogens is 1. The van der Waals surface area contributed by atoms with E-state index in [1.54, 1.807) is 24.8 Å². The summed E-state index contributed by atoms with van der Waals surface area (Å²) in [5.74, 6) is 2.41. The van der Waals surface area contributed by atoms with Crippen LogP contribution in [0, 0.1) is 0 Å². The number of fused-ring (bicyclic) bond motifs is 2. The average Bonchev–Trinajstić information content (AvgIpc) is 3.89.